The standard InChI is InChI=1S/C31H32N2O5/c1-19(2)11-14-37-25-6-4-5-22(17-25)28-27(29(34)23-7-8-26-24(16-23)15-20(3)38-26)30(35)31(36)33(28)18-21-9-12-32-13-10-21/h4-10,12-13,16-17,19-20,28,34H,11,14-15,18H2,1-3H3. The molecule has 1 N–H and O–H groups in total. The molecule has 2 unspecified atom stereocenters. The smallest absolute Gasteiger partial charge is 0.295 e. The molecule has 1 aromatic heterocycles. The lowest BCUT2D eigenvalue weighted by Crippen LogP contribution is -2.29. The molecule has 7 heteroatoms. The van der Waals surface area contributed by atoms with Gasteiger partial charge >= 0.3 is 0 Å². The van der Waals surface area contributed by atoms with E-state index in [0.717, 1.165) is 23.3 Å². The Hall–Kier alpha value is -4.13. The topological polar surface area (TPSA) is 93.0 Å². The van der Waals surface area contributed by atoms with E-state index >= 15 is 0 Å². The van der Waals surface area contributed by atoms with Gasteiger partial charge in [-0.05, 0) is 65.8 Å². The summed E-state index contributed by atoms with van der Waals surface area (Å²) in [6.07, 6.45) is 5.15. The Balaban J connectivity index is 1.57. The van der Waals surface area contributed by atoms with Crippen LogP contribution in [0.2, 0.25) is 0 Å². The Morgan fingerprint density at radius 2 is 1.92 bits per heavy atom. The Labute approximate surface area is 222 Å². The number of aromatic amines is 1. The molecule has 2 aromatic carbocycles. The number of aromatic nitrogens is 1. The molecule has 1 amide bonds. The van der Waals surface area contributed by atoms with Gasteiger partial charge in [-0.15, -0.1) is 0 Å². The fourth-order valence-electron chi connectivity index (χ4n) is 5.01. The van der Waals surface area contributed by atoms with Gasteiger partial charge in [0.2, 0.25) is 5.78 Å². The van der Waals surface area contributed by atoms with E-state index in [9.17, 15) is 14.7 Å². The predicted molar refractivity (Wildman–Crippen MR) is 140 cm³/mol. The highest BCUT2D eigenvalue weighted by Crippen LogP contribution is 2.41. The fraction of sp³-hybridized carbons (Fsp3) is 0.323. The molecule has 0 saturated carbocycles. The van der Waals surface area contributed by atoms with Crippen LogP contribution in [0.3, 0.4) is 0 Å². The van der Waals surface area contributed by atoms with Gasteiger partial charge in [0, 0.05) is 30.7 Å². The van der Waals surface area contributed by atoms with E-state index in [4.69, 9.17) is 9.47 Å². The average Bonchev–Trinajstić information content (AvgIpc) is 3.40. The third-order valence-corrected chi connectivity index (χ3v) is 6.97. The number of hydrogen-bond acceptors (Lipinski definition) is 5. The molecule has 0 bridgehead atoms. The first kappa shape index (κ1) is 25.5. The Bertz CT molecular complexity index is 1380. The van der Waals surface area contributed by atoms with E-state index in [2.05, 4.69) is 18.8 Å². The molecular formula is C31H32N2O5. The number of nitrogens with one attached hydrogen (secondary N) is 1. The Morgan fingerprint density at radius 3 is 2.68 bits per heavy atom. The lowest BCUT2D eigenvalue weighted by atomic mass is 9.94. The zero-order chi connectivity index (χ0) is 26.8. The number of fused-ring (bicyclic) bond motifs is 1. The van der Waals surface area contributed by atoms with Crippen molar-refractivity contribution in [2.24, 2.45) is 5.92 Å². The predicted octanol–water partition coefficient (Wildman–Crippen LogP) is 3.67. The van der Waals surface area contributed by atoms with Crippen molar-refractivity contribution in [2.45, 2.75) is 52.3 Å². The lowest BCUT2D eigenvalue weighted by Gasteiger charge is -2.28. The molecule has 0 spiro atoms. The van der Waals surface area contributed by atoms with Crippen molar-refractivity contribution < 1.29 is 29.2 Å². The summed E-state index contributed by atoms with van der Waals surface area (Å²) in [5, 5.41) is 13.9. The second-order valence-electron chi connectivity index (χ2n) is 10.4. The molecule has 3 aromatic rings. The van der Waals surface area contributed by atoms with Gasteiger partial charge in [-0.3, -0.25) is 9.59 Å². The number of carbonyl (C=O) groups excluding carboxylic acids is 2. The number of amides is 1. The minimum atomic E-state index is -0.830. The van der Waals surface area contributed by atoms with Crippen LogP contribution >= 0.6 is 0 Å². The number of pyridine rings is 1. The molecular weight excluding hydrogens is 480 g/mol. The van der Waals surface area contributed by atoms with E-state index in [1.165, 1.54) is 4.90 Å². The molecule has 3 heterocycles. The molecule has 1 saturated heterocycles. The van der Waals surface area contributed by atoms with Crippen molar-refractivity contribution in [1.29, 1.82) is 0 Å². The monoisotopic (exact) mass is 512 g/mol. The number of rotatable bonds is 8. The fourth-order valence-corrected chi connectivity index (χ4v) is 5.01. The lowest BCUT2D eigenvalue weighted by molar-refractivity contribution is -0.378. The minimum Gasteiger partial charge on any atom is -0.872 e. The first-order chi connectivity index (χ1) is 18.3. The molecule has 2 atom stereocenters. The Kier molecular flexibility index (Phi) is 7.18. The summed E-state index contributed by atoms with van der Waals surface area (Å²) < 4.78 is 11.7. The third kappa shape index (κ3) is 5.14. The highest BCUT2D eigenvalue weighted by molar-refractivity contribution is 6.46. The van der Waals surface area contributed by atoms with E-state index in [1.54, 1.807) is 30.6 Å². The number of ether oxygens (including phenoxy) is 2. The van der Waals surface area contributed by atoms with Crippen LogP contribution in [0.25, 0.3) is 5.76 Å². The van der Waals surface area contributed by atoms with E-state index in [1.807, 2.05) is 43.3 Å². The molecule has 2 aliphatic heterocycles. The van der Waals surface area contributed by atoms with Gasteiger partial charge in [0.05, 0.1) is 12.6 Å². The van der Waals surface area contributed by atoms with Crippen molar-refractivity contribution >= 4 is 17.4 Å². The third-order valence-electron chi connectivity index (χ3n) is 6.97. The second-order valence-corrected chi connectivity index (χ2v) is 10.4. The van der Waals surface area contributed by atoms with Crippen LogP contribution < -0.4 is 19.6 Å². The van der Waals surface area contributed by atoms with Crippen LogP contribution in [0, 0.1) is 5.92 Å². The molecule has 2 aliphatic rings. The molecule has 5 rings (SSSR count). The summed E-state index contributed by atoms with van der Waals surface area (Å²) >= 11 is 0. The summed E-state index contributed by atoms with van der Waals surface area (Å²) in [5.74, 6) is -0.00196. The van der Waals surface area contributed by atoms with Crippen LogP contribution in [0.5, 0.6) is 11.5 Å². The second kappa shape index (κ2) is 10.7. The van der Waals surface area contributed by atoms with Crippen LogP contribution in [0.1, 0.15) is 55.5 Å². The quantitative estimate of drug-likeness (QED) is 0.261. The molecule has 38 heavy (non-hydrogen) atoms. The maximum absolute atomic E-state index is 13.9. The number of hydrogen-bond donors (Lipinski definition) is 0. The van der Waals surface area contributed by atoms with E-state index in [0.29, 0.717) is 35.8 Å². The van der Waals surface area contributed by atoms with Crippen molar-refractivity contribution in [1.82, 2.24) is 4.90 Å². The zero-order valence-electron chi connectivity index (χ0n) is 21.9. The highest BCUT2D eigenvalue weighted by Gasteiger charge is 2.44. The normalized spacial score (nSPS) is 20.1. The summed E-state index contributed by atoms with van der Waals surface area (Å²) in [6.45, 7) is 6.98. The summed E-state index contributed by atoms with van der Waals surface area (Å²) in [5.41, 5.74) is 2.77. The SMILES string of the molecule is CC(C)CCOc1cccc(C2C(=C([O-])c3ccc4c(c3)CC(C)O4)C(=O)C(=O)N2Cc2cc[nH+]cc2)c1. The first-order valence-corrected chi connectivity index (χ1v) is 13.1. The van der Waals surface area contributed by atoms with Crippen molar-refractivity contribution in [2.75, 3.05) is 6.61 Å². The number of benzene rings is 2. The number of likely N-dealkylation sites (tertiary alicyclic amines) is 1. The maximum Gasteiger partial charge on any atom is 0.295 e. The maximum atomic E-state index is 13.9. The molecule has 0 aliphatic carbocycles. The first-order valence-electron chi connectivity index (χ1n) is 13.1. The van der Waals surface area contributed by atoms with Crippen LogP contribution in [-0.4, -0.2) is 29.3 Å². The summed E-state index contributed by atoms with van der Waals surface area (Å²) in [7, 11) is 0. The molecule has 7 nitrogen and oxygen atoms in total. The zero-order valence-corrected chi connectivity index (χ0v) is 21.9. The van der Waals surface area contributed by atoms with Crippen LogP contribution in [0.4, 0.5) is 0 Å². The van der Waals surface area contributed by atoms with Gasteiger partial charge in [-0.2, -0.15) is 0 Å². The van der Waals surface area contributed by atoms with Gasteiger partial charge in [0.25, 0.3) is 5.91 Å². The average molecular weight is 513 g/mol. The van der Waals surface area contributed by atoms with Gasteiger partial charge in [-0.25, -0.2) is 4.98 Å². The van der Waals surface area contributed by atoms with Gasteiger partial charge < -0.3 is 19.5 Å². The summed E-state index contributed by atoms with van der Waals surface area (Å²) in [4.78, 5) is 31.2. The number of Topliss-reactive ketones (excluding diaryl/α,β-unsaturated/α-hetero) is 1. The number of nitrogens with zero attached hydrogens (tertiary/aromatic N) is 1. The van der Waals surface area contributed by atoms with Gasteiger partial charge in [-0.1, -0.05) is 37.8 Å². The number of carbonyl (C=O) groups is 2. The van der Waals surface area contributed by atoms with E-state index in [-0.39, 0.29) is 18.2 Å². The largest absolute Gasteiger partial charge is 0.872 e. The van der Waals surface area contributed by atoms with Crippen molar-refractivity contribution in [3.63, 3.8) is 0 Å². The molecule has 0 radical (unpaired) electrons. The van der Waals surface area contributed by atoms with E-state index < -0.39 is 23.5 Å². The number of H-pyrrole nitrogens is 1. The van der Waals surface area contributed by atoms with Gasteiger partial charge in [0.15, 0.2) is 12.4 Å². The highest BCUT2D eigenvalue weighted by atomic mass is 16.5. The van der Waals surface area contributed by atoms with Crippen LogP contribution in [-0.2, 0) is 22.6 Å². The van der Waals surface area contributed by atoms with Crippen LogP contribution in [0.15, 0.2) is 72.6 Å². The minimum absolute atomic E-state index is 0.0301. The molecule has 196 valence electrons. The molecule has 1 fully saturated rings. The Morgan fingerprint density at radius 1 is 1.13 bits per heavy atom. The summed E-state index contributed by atoms with van der Waals surface area (Å²) in [6, 6.07) is 15.4. The van der Waals surface area contributed by atoms with Crippen molar-refractivity contribution in [3.05, 3.63) is 94.8 Å². The van der Waals surface area contributed by atoms with Gasteiger partial charge in [0.1, 0.15) is 17.6 Å². The van der Waals surface area contributed by atoms with Crippen molar-refractivity contribution in [3.8, 4) is 11.5 Å². The number of ketones is 1.